The van der Waals surface area contributed by atoms with Crippen molar-refractivity contribution in [1.29, 1.82) is 0 Å². The van der Waals surface area contributed by atoms with Crippen molar-refractivity contribution in [2.24, 2.45) is 44.8 Å². The van der Waals surface area contributed by atoms with Gasteiger partial charge in [-0.3, -0.25) is 9.59 Å². The molecule has 5 aliphatic carbocycles. The van der Waals surface area contributed by atoms with Crippen LogP contribution in [0, 0.1) is 44.8 Å². The zero-order chi connectivity index (χ0) is 36.6. The molecule has 0 amide bonds. The van der Waals surface area contributed by atoms with Crippen LogP contribution in [0.5, 0.6) is 0 Å². The van der Waals surface area contributed by atoms with Gasteiger partial charge in [0.1, 0.15) is 5.78 Å². The highest BCUT2D eigenvalue weighted by atomic mass is 16.4. The molecule has 5 aliphatic rings. The number of benzene rings is 1. The first-order valence-corrected chi connectivity index (χ1v) is 18.6. The van der Waals surface area contributed by atoms with Crippen LogP contribution in [0.3, 0.4) is 0 Å². The molecule has 11 atom stereocenters. The summed E-state index contributed by atoms with van der Waals surface area (Å²) in [6.07, 6.45) is 5.24. The normalized spacial score (nSPS) is 39.8. The number of hydrogen-bond acceptors (Lipinski definition) is 7. The lowest BCUT2D eigenvalue weighted by Crippen LogP contribution is -2.65. The highest BCUT2D eigenvalue weighted by Crippen LogP contribution is 2.80. The predicted octanol–water partition coefficient (Wildman–Crippen LogP) is 6.07. The Hall–Kier alpha value is -2.91. The van der Waals surface area contributed by atoms with Crippen LogP contribution in [0.2, 0.25) is 0 Å². The first-order valence-electron chi connectivity index (χ1n) is 18.6. The molecule has 2 bridgehead atoms. The van der Waals surface area contributed by atoms with Gasteiger partial charge in [0.2, 0.25) is 0 Å². The number of carbonyl (C=O) groups excluding carboxylic acids is 2. The molecule has 0 saturated heterocycles. The summed E-state index contributed by atoms with van der Waals surface area (Å²) in [5.74, 6) is -2.06. The molecule has 3 fully saturated rings. The first-order chi connectivity index (χ1) is 23.4. The molecule has 8 heteroatoms. The van der Waals surface area contributed by atoms with Crippen molar-refractivity contribution in [1.82, 2.24) is 0 Å². The molecular weight excluding hydrogens is 632 g/mol. The number of Topliss-reactive ketones (excluding diaryl/α,β-unsaturated/α-hetero) is 2. The Morgan fingerprint density at radius 2 is 1.68 bits per heavy atom. The highest BCUT2D eigenvalue weighted by molar-refractivity contribution is 6.01. The van der Waals surface area contributed by atoms with Crippen molar-refractivity contribution < 1.29 is 39.9 Å². The zero-order valence-corrected chi connectivity index (χ0v) is 30.5. The Balaban J connectivity index is 1.48. The minimum Gasteiger partial charge on any atom is -0.478 e. The summed E-state index contributed by atoms with van der Waals surface area (Å²) in [7, 11) is 0. The summed E-state index contributed by atoms with van der Waals surface area (Å²) in [5, 5.41) is 56.0. The predicted molar refractivity (Wildman–Crippen MR) is 190 cm³/mol. The molecule has 1 aromatic carbocycles. The number of aliphatic hydroxyl groups excluding tert-OH is 4. The van der Waals surface area contributed by atoms with Crippen LogP contribution in [-0.4, -0.2) is 67.5 Å². The lowest BCUT2D eigenvalue weighted by molar-refractivity contribution is -0.160. The summed E-state index contributed by atoms with van der Waals surface area (Å²) in [6.45, 7) is 11.7. The van der Waals surface area contributed by atoms with Gasteiger partial charge in [0.05, 0.1) is 24.4 Å². The number of carbonyl (C=O) groups is 3. The van der Waals surface area contributed by atoms with Crippen LogP contribution in [0.25, 0.3) is 6.08 Å². The van der Waals surface area contributed by atoms with E-state index >= 15 is 0 Å². The Morgan fingerprint density at radius 3 is 2.32 bits per heavy atom. The summed E-state index contributed by atoms with van der Waals surface area (Å²) >= 11 is 0. The van der Waals surface area contributed by atoms with Gasteiger partial charge in [-0.25, -0.2) is 4.79 Å². The first kappa shape index (κ1) is 36.9. The minimum atomic E-state index is -1.19. The van der Waals surface area contributed by atoms with E-state index in [1.807, 2.05) is 63.3 Å². The number of carboxylic acid groups (broad SMARTS) is 1. The summed E-state index contributed by atoms with van der Waals surface area (Å²) in [4.78, 5) is 40.4. The molecule has 6 rings (SSSR count). The number of carboxylic acids is 1. The van der Waals surface area contributed by atoms with E-state index < -0.39 is 63.4 Å². The maximum absolute atomic E-state index is 14.9. The molecule has 0 spiro atoms. The SMILES string of the molecule is CC(O)CC(=CC(O)CC(C)C12CCCC3(C4=C(C(=O)CC13C)C1(C)CCC(=O)C(C)(C)C1C(C=Cc1ccccc1)C4O)C(O)C2)C(=O)O. The fourth-order valence-corrected chi connectivity index (χ4v) is 12.6. The number of aliphatic hydroxyl groups is 4. The second-order valence-electron chi connectivity index (χ2n) is 17.5. The topological polar surface area (TPSA) is 152 Å². The molecule has 8 nitrogen and oxygen atoms in total. The van der Waals surface area contributed by atoms with Crippen molar-refractivity contribution in [2.45, 2.75) is 124 Å². The van der Waals surface area contributed by atoms with Crippen molar-refractivity contribution in [3.8, 4) is 0 Å². The monoisotopic (exact) mass is 688 g/mol. The standard InChI is InChI=1S/C42H56O8/c1-24(19-28(44)21-27(37(49)50)20-25(2)43)41-16-10-17-42(32(47)23-41)34-33(30(45)22-40(41,42)6)39(5)18-15-31(46)38(3,4)36(39)29(35(34)48)14-13-26-11-8-7-9-12-26/h7-9,11-14,21,24-25,28-29,32,35-36,43-44,47-48H,10,15-20,22-23H2,1-6H3,(H,49,50). The molecule has 0 heterocycles. The number of fused-ring (bicyclic) bond motifs is 2. The number of allylic oxidation sites excluding steroid dienone is 1. The lowest BCUT2D eigenvalue weighted by Gasteiger charge is -2.66. The quantitative estimate of drug-likeness (QED) is 0.196. The summed E-state index contributed by atoms with van der Waals surface area (Å²) in [5.41, 5.74) is -1.41. The molecule has 3 saturated carbocycles. The molecular formula is C42H56O8. The van der Waals surface area contributed by atoms with E-state index in [0.29, 0.717) is 36.8 Å². The number of hydrogen-bond donors (Lipinski definition) is 5. The second-order valence-corrected chi connectivity index (χ2v) is 17.5. The van der Waals surface area contributed by atoms with Crippen LogP contribution in [0.1, 0.15) is 105 Å². The number of ketones is 2. The van der Waals surface area contributed by atoms with E-state index in [0.717, 1.165) is 18.4 Å². The third-order valence-corrected chi connectivity index (χ3v) is 14.6. The Bertz CT molecular complexity index is 1640. The van der Waals surface area contributed by atoms with Gasteiger partial charge in [-0.05, 0) is 78.9 Å². The van der Waals surface area contributed by atoms with Gasteiger partial charge >= 0.3 is 5.97 Å². The number of aliphatic carboxylic acids is 1. The fourth-order valence-electron chi connectivity index (χ4n) is 12.6. The molecule has 0 aromatic heterocycles. The van der Waals surface area contributed by atoms with E-state index in [4.69, 9.17) is 0 Å². The Labute approximate surface area is 296 Å². The number of rotatable bonds is 9. The van der Waals surface area contributed by atoms with Crippen molar-refractivity contribution in [3.63, 3.8) is 0 Å². The van der Waals surface area contributed by atoms with Gasteiger partial charge in [0.15, 0.2) is 5.78 Å². The fraction of sp³-hybridized carbons (Fsp3) is 0.643. The maximum Gasteiger partial charge on any atom is 0.331 e. The van der Waals surface area contributed by atoms with E-state index in [-0.39, 0.29) is 48.2 Å². The highest BCUT2D eigenvalue weighted by Gasteiger charge is 2.77. The van der Waals surface area contributed by atoms with Gasteiger partial charge in [0, 0.05) is 52.6 Å². The van der Waals surface area contributed by atoms with Crippen molar-refractivity contribution in [2.75, 3.05) is 0 Å². The van der Waals surface area contributed by atoms with E-state index in [2.05, 4.69) is 13.8 Å². The van der Waals surface area contributed by atoms with Crippen LogP contribution >= 0.6 is 0 Å². The van der Waals surface area contributed by atoms with E-state index in [9.17, 15) is 39.9 Å². The molecule has 5 N–H and O–H groups in total. The smallest absolute Gasteiger partial charge is 0.331 e. The Kier molecular flexibility index (Phi) is 9.32. The minimum absolute atomic E-state index is 0.0153. The molecule has 11 unspecified atom stereocenters. The van der Waals surface area contributed by atoms with Crippen LogP contribution in [0.15, 0.2) is 59.2 Å². The second kappa shape index (κ2) is 12.6. The van der Waals surface area contributed by atoms with E-state index in [1.54, 1.807) is 0 Å². The van der Waals surface area contributed by atoms with Gasteiger partial charge in [0.25, 0.3) is 0 Å². The molecule has 1 aromatic rings. The van der Waals surface area contributed by atoms with Gasteiger partial charge < -0.3 is 25.5 Å². The third kappa shape index (κ3) is 5.18. The van der Waals surface area contributed by atoms with Crippen LogP contribution in [0.4, 0.5) is 0 Å². The maximum atomic E-state index is 14.9. The molecule has 0 aliphatic heterocycles. The summed E-state index contributed by atoms with van der Waals surface area (Å²) in [6, 6.07) is 9.86. The van der Waals surface area contributed by atoms with Gasteiger partial charge in [-0.15, -0.1) is 0 Å². The molecule has 50 heavy (non-hydrogen) atoms. The van der Waals surface area contributed by atoms with Crippen molar-refractivity contribution in [3.05, 3.63) is 64.8 Å². The largest absolute Gasteiger partial charge is 0.478 e. The average molecular weight is 689 g/mol. The molecule has 0 radical (unpaired) electrons. The summed E-state index contributed by atoms with van der Waals surface area (Å²) < 4.78 is 0. The zero-order valence-electron chi connectivity index (χ0n) is 30.5. The molecule has 272 valence electrons. The van der Waals surface area contributed by atoms with Gasteiger partial charge in [-0.2, -0.15) is 0 Å². The van der Waals surface area contributed by atoms with Crippen molar-refractivity contribution >= 4 is 23.6 Å². The van der Waals surface area contributed by atoms with Gasteiger partial charge in [-0.1, -0.05) is 83.5 Å². The Morgan fingerprint density at radius 1 is 1.00 bits per heavy atom. The van der Waals surface area contributed by atoms with Crippen LogP contribution in [-0.2, 0) is 14.4 Å². The third-order valence-electron chi connectivity index (χ3n) is 14.6. The lowest BCUT2D eigenvalue weighted by atomic mass is 9.36. The average Bonchev–Trinajstić information content (AvgIpc) is 3.11. The van der Waals surface area contributed by atoms with E-state index in [1.165, 1.54) is 13.0 Å². The van der Waals surface area contributed by atoms with Crippen LogP contribution < -0.4 is 0 Å².